The molecule has 0 aromatic heterocycles. The smallest absolute Gasteiger partial charge is 0.0465 e. The van der Waals surface area contributed by atoms with Gasteiger partial charge in [-0.1, -0.05) is 43.4 Å². The maximum Gasteiger partial charge on any atom is 0.0465 e. The first-order valence-corrected chi connectivity index (χ1v) is 6.10. The fraction of sp³-hybridized carbons (Fsp3) is 0.500. The van der Waals surface area contributed by atoms with Gasteiger partial charge in [-0.3, -0.25) is 0 Å². The summed E-state index contributed by atoms with van der Waals surface area (Å²) in [5, 5.41) is 0. The fourth-order valence-corrected chi connectivity index (χ4v) is 2.15. The highest BCUT2D eigenvalue weighted by atomic mass is 14.2. The molecule has 1 unspecified atom stereocenters. The minimum absolute atomic E-state index is 0.179. The van der Waals surface area contributed by atoms with Crippen molar-refractivity contribution in [1.29, 1.82) is 0 Å². The highest BCUT2D eigenvalue weighted by Crippen LogP contribution is 2.27. The summed E-state index contributed by atoms with van der Waals surface area (Å²) < 4.78 is 0. The summed E-state index contributed by atoms with van der Waals surface area (Å²) in [6.45, 7) is 8.61. The largest absolute Gasteiger partial charge is 0.0809 e. The van der Waals surface area contributed by atoms with Gasteiger partial charge in [-0.25, -0.2) is 0 Å². The van der Waals surface area contributed by atoms with Crippen LogP contribution in [0.15, 0.2) is 12.1 Å². The molecule has 0 heterocycles. The molecule has 0 fully saturated rings. The number of hydrogen-bond donors (Lipinski definition) is 0. The van der Waals surface area contributed by atoms with Crippen LogP contribution < -0.4 is 0 Å². The van der Waals surface area contributed by atoms with Gasteiger partial charge >= 0.3 is 0 Å². The van der Waals surface area contributed by atoms with Gasteiger partial charge < -0.3 is 0 Å². The molecule has 1 atom stereocenters. The van der Waals surface area contributed by atoms with Crippen LogP contribution in [0.5, 0.6) is 0 Å². The van der Waals surface area contributed by atoms with Crippen molar-refractivity contribution < 1.29 is 0 Å². The van der Waals surface area contributed by atoms with Crippen LogP contribution in [0.1, 0.15) is 54.4 Å². The van der Waals surface area contributed by atoms with Crippen LogP contribution in [0, 0.1) is 33.1 Å². The van der Waals surface area contributed by atoms with Crippen molar-refractivity contribution in [1.82, 2.24) is 0 Å². The third-order valence-electron chi connectivity index (χ3n) is 3.25. The van der Waals surface area contributed by atoms with Gasteiger partial charge in [0.05, 0.1) is 0 Å². The van der Waals surface area contributed by atoms with E-state index < -0.39 is 0 Å². The van der Waals surface area contributed by atoms with Crippen molar-refractivity contribution in [2.45, 2.75) is 52.9 Å². The van der Waals surface area contributed by atoms with Gasteiger partial charge in [-0.2, -0.15) is 0 Å². The van der Waals surface area contributed by atoms with Gasteiger partial charge in [0.15, 0.2) is 0 Å². The predicted octanol–water partition coefficient (Wildman–Crippen LogP) is 4.48. The summed E-state index contributed by atoms with van der Waals surface area (Å²) in [6.07, 6.45) is 10.9. The Bertz CT molecular complexity index is 393. The average molecular weight is 213 g/mol. The summed E-state index contributed by atoms with van der Waals surface area (Å²) in [5.41, 5.74) is 5.23. The topological polar surface area (TPSA) is 0 Å². The minimum Gasteiger partial charge on any atom is -0.0809 e. The van der Waals surface area contributed by atoms with E-state index in [0.717, 1.165) is 6.42 Å². The number of benzene rings is 1. The lowest BCUT2D eigenvalue weighted by molar-refractivity contribution is 0.672. The summed E-state index contributed by atoms with van der Waals surface area (Å²) >= 11 is 0. The Morgan fingerprint density at radius 1 is 1.25 bits per heavy atom. The van der Waals surface area contributed by atoms with Crippen molar-refractivity contribution in [3.63, 3.8) is 0 Å². The molecule has 0 amide bonds. The second kappa shape index (κ2) is 5.75. The lowest BCUT2D eigenvalue weighted by atomic mass is 9.88. The van der Waals surface area contributed by atoms with Crippen molar-refractivity contribution in [3.8, 4) is 5.92 Å². The predicted molar refractivity (Wildman–Crippen MR) is 70.1 cm³/mol. The molecule has 0 heteroatoms. The molecule has 1 aromatic carbocycles. The van der Waals surface area contributed by atoms with E-state index in [0.29, 0.717) is 0 Å². The Labute approximate surface area is 100 Å². The Kier molecular flexibility index (Phi) is 4.62. The SMILES string of the molecule is [C]#CC(CCCC)c1cc(C)cc(C)c1C. The first-order valence-electron chi connectivity index (χ1n) is 6.10. The maximum atomic E-state index is 7.46. The highest BCUT2D eigenvalue weighted by Gasteiger charge is 2.12. The molecule has 0 aliphatic rings. The number of unbranched alkanes of at least 4 members (excludes halogenated alkanes) is 1. The summed E-state index contributed by atoms with van der Waals surface area (Å²) in [6, 6.07) is 4.42. The fourth-order valence-electron chi connectivity index (χ4n) is 2.15. The first kappa shape index (κ1) is 12.8. The zero-order valence-corrected chi connectivity index (χ0v) is 10.9. The van der Waals surface area contributed by atoms with E-state index in [2.05, 4.69) is 45.7 Å². The van der Waals surface area contributed by atoms with Crippen LogP contribution in [-0.4, -0.2) is 0 Å². The molecule has 1 radical (unpaired) electrons. The van der Waals surface area contributed by atoms with Gasteiger partial charge in [0.1, 0.15) is 0 Å². The van der Waals surface area contributed by atoms with Crippen LogP contribution in [0.2, 0.25) is 0 Å². The quantitative estimate of drug-likeness (QED) is 0.647. The van der Waals surface area contributed by atoms with Crippen LogP contribution in [0.3, 0.4) is 0 Å². The molecule has 0 bridgehead atoms. The van der Waals surface area contributed by atoms with E-state index in [9.17, 15) is 0 Å². The minimum atomic E-state index is 0.179. The highest BCUT2D eigenvalue weighted by molar-refractivity contribution is 5.41. The van der Waals surface area contributed by atoms with E-state index >= 15 is 0 Å². The number of aryl methyl sites for hydroxylation is 2. The molecule has 16 heavy (non-hydrogen) atoms. The van der Waals surface area contributed by atoms with Gasteiger partial charge in [-0.15, -0.1) is 0 Å². The third kappa shape index (κ3) is 2.89. The van der Waals surface area contributed by atoms with E-state index in [1.165, 1.54) is 35.1 Å². The van der Waals surface area contributed by atoms with E-state index in [1.807, 2.05) is 0 Å². The van der Waals surface area contributed by atoms with Crippen molar-refractivity contribution in [2.24, 2.45) is 0 Å². The molecule has 0 spiro atoms. The zero-order chi connectivity index (χ0) is 12.1. The molecule has 0 saturated carbocycles. The molecular formula is C16H21. The summed E-state index contributed by atoms with van der Waals surface area (Å²) in [4.78, 5) is 0. The monoisotopic (exact) mass is 213 g/mol. The summed E-state index contributed by atoms with van der Waals surface area (Å²) in [7, 11) is 0. The van der Waals surface area contributed by atoms with Gasteiger partial charge in [0, 0.05) is 5.92 Å². The molecule has 0 aliphatic heterocycles. The van der Waals surface area contributed by atoms with Crippen LogP contribution in [0.25, 0.3) is 0 Å². The Hall–Kier alpha value is -1.22. The Balaban J connectivity index is 3.05. The molecule has 0 aliphatic carbocycles. The van der Waals surface area contributed by atoms with E-state index in [-0.39, 0.29) is 5.92 Å². The molecule has 0 N–H and O–H groups in total. The zero-order valence-electron chi connectivity index (χ0n) is 10.9. The second-order valence-electron chi connectivity index (χ2n) is 4.64. The van der Waals surface area contributed by atoms with Gasteiger partial charge in [0.25, 0.3) is 0 Å². The Morgan fingerprint density at radius 3 is 2.50 bits per heavy atom. The molecule has 1 rings (SSSR count). The van der Waals surface area contributed by atoms with Crippen LogP contribution in [0.4, 0.5) is 0 Å². The number of rotatable bonds is 4. The lowest BCUT2D eigenvalue weighted by Gasteiger charge is -2.16. The van der Waals surface area contributed by atoms with Crippen LogP contribution >= 0.6 is 0 Å². The van der Waals surface area contributed by atoms with E-state index in [1.54, 1.807) is 0 Å². The lowest BCUT2D eigenvalue weighted by Crippen LogP contribution is -2.01. The summed E-state index contributed by atoms with van der Waals surface area (Å²) in [5.74, 6) is 2.88. The second-order valence-corrected chi connectivity index (χ2v) is 4.64. The molecule has 0 nitrogen and oxygen atoms in total. The Morgan fingerprint density at radius 2 is 1.94 bits per heavy atom. The van der Waals surface area contributed by atoms with Gasteiger partial charge in [0.2, 0.25) is 0 Å². The van der Waals surface area contributed by atoms with Gasteiger partial charge in [-0.05, 0) is 50.3 Å². The normalized spacial score (nSPS) is 12.2. The van der Waals surface area contributed by atoms with Crippen molar-refractivity contribution >= 4 is 0 Å². The average Bonchev–Trinajstić information content (AvgIpc) is 2.25. The van der Waals surface area contributed by atoms with E-state index in [4.69, 9.17) is 6.42 Å². The number of hydrogen-bond acceptors (Lipinski definition) is 0. The molecular weight excluding hydrogens is 192 g/mol. The first-order chi connectivity index (χ1) is 7.60. The van der Waals surface area contributed by atoms with Crippen molar-refractivity contribution in [2.75, 3.05) is 0 Å². The maximum absolute atomic E-state index is 7.46. The standard InChI is InChI=1S/C16H21/c1-6-8-9-15(7-2)16-11-12(3)10-13(4)14(16)5/h10-11,15H,6,8-9H2,1,3-5H3. The van der Waals surface area contributed by atoms with Crippen LogP contribution in [-0.2, 0) is 0 Å². The molecule has 1 aromatic rings. The van der Waals surface area contributed by atoms with Crippen molar-refractivity contribution in [3.05, 3.63) is 40.8 Å². The third-order valence-corrected chi connectivity index (χ3v) is 3.25. The molecule has 0 saturated heterocycles. The molecule has 85 valence electrons.